The molecule has 0 spiro atoms. The number of halogens is 2. The summed E-state index contributed by atoms with van der Waals surface area (Å²) in [4.78, 5) is 55.7. The minimum atomic E-state index is -0.459. The van der Waals surface area contributed by atoms with Gasteiger partial charge in [0.15, 0.2) is 10.3 Å². The van der Waals surface area contributed by atoms with Gasteiger partial charge in [-0.15, -0.1) is 0 Å². The fraction of sp³-hybridized carbons (Fsp3) is 0.312. The monoisotopic (exact) mass is 778 g/mol. The van der Waals surface area contributed by atoms with Gasteiger partial charge < -0.3 is 30.7 Å². The first-order chi connectivity index (χ1) is 22.9. The lowest BCUT2D eigenvalue weighted by atomic mass is 10.2. The number of nitrogens with one attached hydrogen (secondary N) is 4. The van der Waals surface area contributed by atoms with E-state index in [-0.39, 0.29) is 12.8 Å². The van der Waals surface area contributed by atoms with Gasteiger partial charge in [-0.3, -0.25) is 19.2 Å². The summed E-state index contributed by atoms with van der Waals surface area (Å²) in [6, 6.07) is 14.3. The van der Waals surface area contributed by atoms with E-state index in [1.807, 2.05) is 39.8 Å². The Balaban J connectivity index is 0.000000260. The Morgan fingerprint density at radius 1 is 0.688 bits per heavy atom. The molecular formula is C32H36BrClN6O6S2. The third-order valence-corrected chi connectivity index (χ3v) is 7.98. The molecule has 0 radical (unpaired) electrons. The predicted molar refractivity (Wildman–Crippen MR) is 194 cm³/mol. The number of nitrogens with zero attached hydrogens (tertiary/aromatic N) is 2. The van der Waals surface area contributed by atoms with Crippen LogP contribution in [0.25, 0.3) is 0 Å². The molecule has 2 aromatic carbocycles. The van der Waals surface area contributed by atoms with Crippen LogP contribution in [-0.4, -0.2) is 46.8 Å². The summed E-state index contributed by atoms with van der Waals surface area (Å²) in [5.74, 6) is 0.172. The highest BCUT2D eigenvalue weighted by Crippen LogP contribution is 2.27. The van der Waals surface area contributed by atoms with Crippen molar-refractivity contribution in [2.75, 3.05) is 34.5 Å². The van der Waals surface area contributed by atoms with Crippen LogP contribution in [0.2, 0.25) is 4.34 Å². The minimum absolute atomic E-state index is 0.296. The summed E-state index contributed by atoms with van der Waals surface area (Å²) < 4.78 is 12.6. The zero-order valence-electron chi connectivity index (χ0n) is 26.7. The van der Waals surface area contributed by atoms with Gasteiger partial charge in [0.05, 0.1) is 40.8 Å². The molecule has 0 bridgehead atoms. The van der Waals surface area contributed by atoms with Crippen LogP contribution in [0.3, 0.4) is 0 Å². The second-order valence-corrected chi connectivity index (χ2v) is 15.0. The zero-order chi connectivity index (χ0) is 35.1. The lowest BCUT2D eigenvalue weighted by Gasteiger charge is -2.13. The highest BCUT2D eigenvalue weighted by molar-refractivity contribution is 9.11. The Kier molecular flexibility index (Phi) is 15.8. The van der Waals surface area contributed by atoms with Crippen LogP contribution in [0.1, 0.15) is 40.5 Å². The maximum Gasteiger partial charge on any atom is 0.235 e. The highest BCUT2D eigenvalue weighted by Gasteiger charge is 2.15. The number of amides is 4. The van der Waals surface area contributed by atoms with Crippen molar-refractivity contribution in [2.24, 2.45) is 11.8 Å². The normalized spacial score (nSPS) is 10.5. The lowest BCUT2D eigenvalue weighted by Crippen LogP contribution is -2.21. The van der Waals surface area contributed by atoms with Crippen LogP contribution >= 0.6 is 50.2 Å². The Morgan fingerprint density at radius 2 is 1.10 bits per heavy atom. The third kappa shape index (κ3) is 14.4. The Morgan fingerprint density at radius 3 is 1.50 bits per heavy atom. The molecule has 2 aromatic heterocycles. The predicted octanol–water partition coefficient (Wildman–Crippen LogP) is 7.71. The van der Waals surface area contributed by atoms with Crippen molar-refractivity contribution in [3.63, 3.8) is 0 Å². The average molecular weight is 780 g/mol. The van der Waals surface area contributed by atoms with Gasteiger partial charge in [0, 0.05) is 0 Å². The number of para-hydroxylation sites is 4. The van der Waals surface area contributed by atoms with Crippen molar-refractivity contribution < 1.29 is 28.7 Å². The van der Waals surface area contributed by atoms with Gasteiger partial charge >= 0.3 is 0 Å². The first-order valence-corrected chi connectivity index (χ1v) is 17.5. The molecule has 4 amide bonds. The molecular weight excluding hydrogens is 744 g/mol. The number of benzene rings is 2. The van der Waals surface area contributed by atoms with Crippen LogP contribution < -0.4 is 30.7 Å². The topological polar surface area (TPSA) is 161 Å². The van der Waals surface area contributed by atoms with Gasteiger partial charge in [0.25, 0.3) is 0 Å². The van der Waals surface area contributed by atoms with Gasteiger partial charge in [-0.1, -0.05) is 86.2 Å². The summed E-state index contributed by atoms with van der Waals surface area (Å²) in [6.45, 7) is 9.25. The van der Waals surface area contributed by atoms with Crippen molar-refractivity contribution in [3.8, 4) is 11.5 Å². The fourth-order valence-corrected chi connectivity index (χ4v) is 5.49. The Labute approximate surface area is 300 Å². The van der Waals surface area contributed by atoms with Gasteiger partial charge in [-0.25, -0.2) is 9.97 Å². The average Bonchev–Trinajstić information content (AvgIpc) is 3.62. The van der Waals surface area contributed by atoms with Crippen LogP contribution in [0.4, 0.5) is 21.6 Å². The molecule has 16 heteroatoms. The van der Waals surface area contributed by atoms with E-state index in [9.17, 15) is 19.2 Å². The molecule has 256 valence electrons. The van der Waals surface area contributed by atoms with E-state index in [1.54, 1.807) is 42.6 Å². The van der Waals surface area contributed by atoms with E-state index in [0.717, 1.165) is 15.1 Å². The number of carbonyl (C=O) groups is 4. The van der Waals surface area contributed by atoms with Crippen LogP contribution in [0, 0.1) is 11.8 Å². The van der Waals surface area contributed by atoms with Crippen molar-refractivity contribution in [2.45, 2.75) is 40.5 Å². The van der Waals surface area contributed by atoms with Gasteiger partial charge in [-0.2, -0.15) is 0 Å². The first kappa shape index (κ1) is 38.4. The molecule has 0 aliphatic rings. The molecule has 0 aliphatic heterocycles. The van der Waals surface area contributed by atoms with E-state index >= 15 is 0 Å². The minimum Gasteiger partial charge on any atom is -0.491 e. The SMILES string of the molecule is CC(C)COc1ccccc1NC(=O)CC(=O)Nc1ncc(Br)s1.CC(C)COc1ccccc1NC(=O)CC(=O)Nc1ncc(Cl)s1. The number of carbonyl (C=O) groups excluding carboxylic acids is 4. The Bertz CT molecular complexity index is 1560. The second kappa shape index (κ2) is 19.7. The number of ether oxygens (including phenoxy) is 2. The van der Waals surface area contributed by atoms with Crippen LogP contribution in [0.15, 0.2) is 64.7 Å². The molecule has 0 aliphatic carbocycles. The maximum atomic E-state index is 12.1. The molecule has 0 unspecified atom stereocenters. The van der Waals surface area contributed by atoms with Crippen molar-refractivity contribution in [1.29, 1.82) is 0 Å². The van der Waals surface area contributed by atoms with E-state index in [4.69, 9.17) is 21.1 Å². The molecule has 12 nitrogen and oxygen atoms in total. The fourth-order valence-electron chi connectivity index (χ4n) is 3.54. The number of hydrogen-bond acceptors (Lipinski definition) is 10. The van der Waals surface area contributed by atoms with Crippen LogP contribution in [-0.2, 0) is 19.2 Å². The van der Waals surface area contributed by atoms with Gasteiger partial charge in [-0.05, 0) is 52.0 Å². The second-order valence-electron chi connectivity index (χ2n) is 10.9. The Hall–Kier alpha value is -4.05. The standard InChI is InChI=1S/C16H18BrN3O3S.C16H18ClN3O3S/c2*1-10(2)9-23-12-6-4-3-5-11(12)19-14(21)7-15(22)20-16-18-8-13(17)24-16/h2*3-6,8,10H,7,9H2,1-2H3,(H,19,21)(H,18,20,22). The molecule has 0 fully saturated rings. The summed E-state index contributed by atoms with van der Waals surface area (Å²) in [6.07, 6.45) is 2.40. The number of rotatable bonds is 14. The summed E-state index contributed by atoms with van der Waals surface area (Å²) >= 11 is 11.4. The summed E-state index contributed by atoms with van der Waals surface area (Å²) in [5.41, 5.74) is 1.08. The quantitative estimate of drug-likeness (QED) is 0.0948. The molecule has 4 N–H and O–H groups in total. The first-order valence-electron chi connectivity index (χ1n) is 14.7. The van der Waals surface area contributed by atoms with Gasteiger partial charge in [0.1, 0.15) is 28.7 Å². The van der Waals surface area contributed by atoms with E-state index in [2.05, 4.69) is 47.2 Å². The summed E-state index contributed by atoms with van der Waals surface area (Å²) in [5, 5.41) is 11.3. The maximum absolute atomic E-state index is 12.1. The smallest absolute Gasteiger partial charge is 0.235 e. The number of thiazole rings is 2. The molecule has 48 heavy (non-hydrogen) atoms. The highest BCUT2D eigenvalue weighted by atomic mass is 79.9. The zero-order valence-corrected chi connectivity index (χ0v) is 30.6. The largest absolute Gasteiger partial charge is 0.491 e. The van der Waals surface area contributed by atoms with Crippen molar-refractivity contribution in [1.82, 2.24) is 9.97 Å². The molecule has 4 aromatic rings. The molecule has 0 saturated carbocycles. The number of anilines is 4. The van der Waals surface area contributed by atoms with Gasteiger partial charge in [0.2, 0.25) is 23.6 Å². The molecule has 4 rings (SSSR count). The summed E-state index contributed by atoms with van der Waals surface area (Å²) in [7, 11) is 0. The van der Waals surface area contributed by atoms with E-state index < -0.39 is 23.6 Å². The molecule has 0 saturated heterocycles. The van der Waals surface area contributed by atoms with Crippen molar-refractivity contribution >= 4 is 95.5 Å². The van der Waals surface area contributed by atoms with Crippen LogP contribution in [0.5, 0.6) is 11.5 Å². The number of hydrogen-bond donors (Lipinski definition) is 4. The number of aromatic nitrogens is 2. The van der Waals surface area contributed by atoms with Crippen molar-refractivity contribution in [3.05, 3.63) is 69.0 Å². The molecule has 2 heterocycles. The lowest BCUT2D eigenvalue weighted by molar-refractivity contribution is -0.125. The molecule has 0 atom stereocenters. The van der Waals surface area contributed by atoms with E-state index in [0.29, 0.717) is 62.5 Å². The van der Waals surface area contributed by atoms with E-state index in [1.165, 1.54) is 17.5 Å². The third-order valence-electron chi connectivity index (χ3n) is 5.56.